The van der Waals surface area contributed by atoms with E-state index < -0.39 is 5.24 Å². The Hall–Kier alpha value is -2.30. The van der Waals surface area contributed by atoms with Crippen molar-refractivity contribution in [2.75, 3.05) is 5.32 Å². The number of nitriles is 2. The maximum absolute atomic E-state index is 10.8. The van der Waals surface area contributed by atoms with Crippen LogP contribution in [0.1, 0.15) is 10.4 Å². The van der Waals surface area contributed by atoms with Crippen molar-refractivity contribution in [1.29, 1.82) is 10.5 Å². The molecule has 0 radical (unpaired) electrons. The number of allylic oxidation sites excluding steroid dienone is 1. The van der Waals surface area contributed by atoms with Crippen molar-refractivity contribution in [3.8, 4) is 12.1 Å². The SMILES string of the molecule is N#CC(C#N)=CNc1ccc(C(=O)Cl)cc1. The summed E-state index contributed by atoms with van der Waals surface area (Å²) in [6.07, 6.45) is 1.29. The normalized spacial score (nSPS) is 8.44. The first-order valence-electron chi connectivity index (χ1n) is 4.24. The van der Waals surface area contributed by atoms with E-state index in [1.54, 1.807) is 36.4 Å². The zero-order valence-corrected chi connectivity index (χ0v) is 8.82. The number of anilines is 1. The van der Waals surface area contributed by atoms with Crippen LogP contribution in [0, 0.1) is 22.7 Å². The Morgan fingerprint density at radius 1 is 1.25 bits per heavy atom. The van der Waals surface area contributed by atoms with Gasteiger partial charge in [0, 0.05) is 17.5 Å². The molecule has 1 aromatic carbocycles. The lowest BCUT2D eigenvalue weighted by Gasteiger charge is -2.00. The molecule has 0 bridgehead atoms. The number of carbonyl (C=O) groups excluding carboxylic acids is 1. The summed E-state index contributed by atoms with van der Waals surface area (Å²) in [4.78, 5) is 10.8. The molecule has 0 saturated heterocycles. The average molecular weight is 232 g/mol. The summed E-state index contributed by atoms with van der Waals surface area (Å²) in [7, 11) is 0. The van der Waals surface area contributed by atoms with Crippen molar-refractivity contribution in [2.24, 2.45) is 0 Å². The van der Waals surface area contributed by atoms with Crippen LogP contribution in [0.25, 0.3) is 0 Å². The van der Waals surface area contributed by atoms with Crippen LogP contribution in [0.2, 0.25) is 0 Å². The Labute approximate surface area is 97.4 Å². The molecule has 0 aliphatic heterocycles. The van der Waals surface area contributed by atoms with E-state index in [4.69, 9.17) is 22.1 Å². The van der Waals surface area contributed by atoms with Gasteiger partial charge in [-0.2, -0.15) is 10.5 Å². The number of carbonyl (C=O) groups is 1. The lowest BCUT2D eigenvalue weighted by atomic mass is 10.2. The van der Waals surface area contributed by atoms with E-state index in [1.807, 2.05) is 0 Å². The number of nitrogens with zero attached hydrogens (tertiary/aromatic N) is 2. The van der Waals surface area contributed by atoms with Crippen molar-refractivity contribution in [3.63, 3.8) is 0 Å². The monoisotopic (exact) mass is 231 g/mol. The zero-order valence-electron chi connectivity index (χ0n) is 8.07. The third kappa shape index (κ3) is 3.13. The Morgan fingerprint density at radius 3 is 2.25 bits per heavy atom. The van der Waals surface area contributed by atoms with Gasteiger partial charge < -0.3 is 5.32 Å². The van der Waals surface area contributed by atoms with Gasteiger partial charge in [0.15, 0.2) is 0 Å². The Morgan fingerprint density at radius 2 is 1.81 bits per heavy atom. The number of nitrogens with one attached hydrogen (secondary N) is 1. The van der Waals surface area contributed by atoms with Crippen LogP contribution in [0.15, 0.2) is 36.0 Å². The van der Waals surface area contributed by atoms with E-state index in [2.05, 4.69) is 5.32 Å². The second-order valence-electron chi connectivity index (χ2n) is 2.78. The molecule has 0 aliphatic carbocycles. The molecular weight excluding hydrogens is 226 g/mol. The van der Waals surface area contributed by atoms with Gasteiger partial charge in [0.25, 0.3) is 5.24 Å². The van der Waals surface area contributed by atoms with Crippen LogP contribution in [0.4, 0.5) is 5.69 Å². The van der Waals surface area contributed by atoms with Crippen LogP contribution in [-0.4, -0.2) is 5.24 Å². The molecule has 1 rings (SSSR count). The first-order valence-corrected chi connectivity index (χ1v) is 4.62. The van der Waals surface area contributed by atoms with E-state index in [1.165, 1.54) is 6.20 Å². The topological polar surface area (TPSA) is 76.7 Å². The van der Waals surface area contributed by atoms with Gasteiger partial charge in [-0.1, -0.05) is 0 Å². The third-order valence-corrected chi connectivity index (χ3v) is 1.95. The van der Waals surface area contributed by atoms with Gasteiger partial charge in [-0.05, 0) is 35.9 Å². The number of rotatable bonds is 3. The third-order valence-electron chi connectivity index (χ3n) is 1.74. The summed E-state index contributed by atoms with van der Waals surface area (Å²) in [5.74, 6) is 0. The van der Waals surface area contributed by atoms with Gasteiger partial charge >= 0.3 is 0 Å². The largest absolute Gasteiger partial charge is 0.360 e. The summed E-state index contributed by atoms with van der Waals surface area (Å²) in [6.45, 7) is 0. The molecule has 0 atom stereocenters. The molecule has 0 aliphatic rings. The van der Waals surface area contributed by atoms with Gasteiger partial charge in [-0.25, -0.2) is 0 Å². The second kappa shape index (κ2) is 5.55. The van der Waals surface area contributed by atoms with Crippen molar-refractivity contribution >= 4 is 22.5 Å². The molecule has 16 heavy (non-hydrogen) atoms. The summed E-state index contributed by atoms with van der Waals surface area (Å²) < 4.78 is 0. The van der Waals surface area contributed by atoms with Gasteiger partial charge in [0.1, 0.15) is 17.7 Å². The fourth-order valence-electron chi connectivity index (χ4n) is 0.943. The lowest BCUT2D eigenvalue weighted by molar-refractivity contribution is 0.108. The molecule has 0 amide bonds. The molecule has 0 unspecified atom stereocenters. The fourth-order valence-corrected chi connectivity index (χ4v) is 1.07. The van der Waals surface area contributed by atoms with Gasteiger partial charge in [-0.3, -0.25) is 4.79 Å². The summed E-state index contributed by atoms with van der Waals surface area (Å²) in [6, 6.07) is 9.77. The molecule has 4 nitrogen and oxygen atoms in total. The fraction of sp³-hybridized carbons (Fsp3) is 0. The van der Waals surface area contributed by atoms with Crippen molar-refractivity contribution in [2.45, 2.75) is 0 Å². The minimum Gasteiger partial charge on any atom is -0.360 e. The lowest BCUT2D eigenvalue weighted by Crippen LogP contribution is -1.92. The van der Waals surface area contributed by atoms with Crippen molar-refractivity contribution < 1.29 is 4.79 Å². The Kier molecular flexibility index (Phi) is 4.08. The average Bonchev–Trinajstić information content (AvgIpc) is 2.31. The predicted octanol–water partition coefficient (Wildman–Crippen LogP) is 2.41. The van der Waals surface area contributed by atoms with Crippen molar-refractivity contribution in [1.82, 2.24) is 0 Å². The summed E-state index contributed by atoms with van der Waals surface area (Å²) >= 11 is 5.27. The summed E-state index contributed by atoms with van der Waals surface area (Å²) in [5, 5.41) is 19.2. The minimum atomic E-state index is -0.531. The first-order chi connectivity index (χ1) is 7.67. The molecule has 0 aromatic heterocycles. The number of hydrogen-bond acceptors (Lipinski definition) is 4. The molecule has 0 saturated carbocycles. The maximum Gasteiger partial charge on any atom is 0.252 e. The molecule has 5 heteroatoms. The van der Waals surface area contributed by atoms with Crippen LogP contribution in [0.5, 0.6) is 0 Å². The molecule has 0 spiro atoms. The Balaban J connectivity index is 2.78. The molecule has 0 heterocycles. The van der Waals surface area contributed by atoms with E-state index in [0.717, 1.165) is 0 Å². The van der Waals surface area contributed by atoms with Crippen LogP contribution < -0.4 is 5.32 Å². The second-order valence-corrected chi connectivity index (χ2v) is 3.12. The molecule has 1 aromatic rings. The zero-order chi connectivity index (χ0) is 12.0. The highest BCUT2D eigenvalue weighted by atomic mass is 35.5. The van der Waals surface area contributed by atoms with Crippen LogP contribution in [-0.2, 0) is 0 Å². The van der Waals surface area contributed by atoms with Crippen LogP contribution in [0.3, 0.4) is 0 Å². The number of halogens is 1. The summed E-state index contributed by atoms with van der Waals surface area (Å²) in [5.41, 5.74) is 1.01. The highest BCUT2D eigenvalue weighted by molar-refractivity contribution is 6.67. The van der Waals surface area contributed by atoms with E-state index in [-0.39, 0.29) is 5.57 Å². The first kappa shape index (κ1) is 11.8. The highest BCUT2D eigenvalue weighted by Gasteiger charge is 2.00. The maximum atomic E-state index is 10.8. The molecular formula is C11H6ClN3O. The Bertz CT molecular complexity index is 490. The van der Waals surface area contributed by atoms with Crippen LogP contribution >= 0.6 is 11.6 Å². The van der Waals surface area contributed by atoms with Gasteiger partial charge in [0.2, 0.25) is 0 Å². The standard InChI is InChI=1S/C11H6ClN3O/c12-11(16)9-1-3-10(4-2-9)15-7-8(5-13)6-14/h1-4,7,15H. The van der Waals surface area contributed by atoms with Gasteiger partial charge in [-0.15, -0.1) is 0 Å². The quantitative estimate of drug-likeness (QED) is 0.640. The highest BCUT2D eigenvalue weighted by Crippen LogP contribution is 2.11. The number of hydrogen-bond donors (Lipinski definition) is 1. The molecule has 1 N–H and O–H groups in total. The molecule has 0 fully saturated rings. The van der Waals surface area contributed by atoms with E-state index >= 15 is 0 Å². The molecule has 78 valence electrons. The predicted molar refractivity (Wildman–Crippen MR) is 59.6 cm³/mol. The minimum absolute atomic E-state index is 0.0301. The van der Waals surface area contributed by atoms with Gasteiger partial charge in [0.05, 0.1) is 0 Å². The van der Waals surface area contributed by atoms with E-state index in [9.17, 15) is 4.79 Å². The smallest absolute Gasteiger partial charge is 0.252 e. The number of benzene rings is 1. The van der Waals surface area contributed by atoms with Crippen molar-refractivity contribution in [3.05, 3.63) is 41.6 Å². The van der Waals surface area contributed by atoms with E-state index in [0.29, 0.717) is 11.3 Å².